The van der Waals surface area contributed by atoms with E-state index < -0.39 is 30.0 Å². The Labute approximate surface area is 180 Å². The number of esters is 2. The molecule has 9 nitrogen and oxygen atoms in total. The SMILES string of the molecule is COC(=O)c1c(NC(=O)COC(=O)c2n[nH]c(=O)c3ccccc23)sc2c1CCCC2. The molecule has 0 unspecified atom stereocenters. The Morgan fingerprint density at radius 2 is 1.87 bits per heavy atom. The molecule has 31 heavy (non-hydrogen) atoms. The van der Waals surface area contributed by atoms with E-state index in [0.717, 1.165) is 36.1 Å². The number of hydrogen-bond donors (Lipinski definition) is 2. The lowest BCUT2D eigenvalue weighted by Gasteiger charge is -2.11. The molecule has 0 bridgehead atoms. The van der Waals surface area contributed by atoms with Crippen LogP contribution in [0.4, 0.5) is 5.00 Å². The van der Waals surface area contributed by atoms with Crippen LogP contribution in [-0.2, 0) is 27.1 Å². The highest BCUT2D eigenvalue weighted by atomic mass is 32.1. The smallest absolute Gasteiger partial charge is 0.359 e. The molecular weight excluding hydrogens is 422 g/mol. The van der Waals surface area contributed by atoms with Gasteiger partial charge in [0.15, 0.2) is 12.3 Å². The second-order valence-corrected chi connectivity index (χ2v) is 8.08. The Kier molecular flexibility index (Phi) is 5.81. The number of H-pyrrole nitrogens is 1. The van der Waals surface area contributed by atoms with E-state index in [4.69, 9.17) is 9.47 Å². The van der Waals surface area contributed by atoms with Gasteiger partial charge in [0.25, 0.3) is 11.5 Å². The second kappa shape index (κ2) is 8.68. The monoisotopic (exact) mass is 441 g/mol. The molecule has 1 amide bonds. The summed E-state index contributed by atoms with van der Waals surface area (Å²) in [5.41, 5.74) is 0.765. The van der Waals surface area contributed by atoms with E-state index in [1.54, 1.807) is 24.3 Å². The van der Waals surface area contributed by atoms with Gasteiger partial charge >= 0.3 is 11.9 Å². The second-order valence-electron chi connectivity index (χ2n) is 6.98. The van der Waals surface area contributed by atoms with Gasteiger partial charge in [-0.25, -0.2) is 14.7 Å². The summed E-state index contributed by atoms with van der Waals surface area (Å²) in [5.74, 6) is -1.94. The zero-order valence-corrected chi connectivity index (χ0v) is 17.5. The number of carbonyl (C=O) groups excluding carboxylic acids is 3. The first-order chi connectivity index (χ1) is 15.0. The van der Waals surface area contributed by atoms with E-state index in [9.17, 15) is 19.2 Å². The molecule has 10 heteroatoms. The van der Waals surface area contributed by atoms with Gasteiger partial charge in [-0.3, -0.25) is 9.59 Å². The number of anilines is 1. The first-order valence-electron chi connectivity index (χ1n) is 9.67. The summed E-state index contributed by atoms with van der Waals surface area (Å²) in [7, 11) is 1.30. The van der Waals surface area contributed by atoms with Gasteiger partial charge in [-0.05, 0) is 37.3 Å². The number of thiophene rings is 1. The lowest BCUT2D eigenvalue weighted by molar-refractivity contribution is -0.119. The van der Waals surface area contributed by atoms with Crippen molar-refractivity contribution in [2.45, 2.75) is 25.7 Å². The van der Waals surface area contributed by atoms with Crippen LogP contribution in [0.2, 0.25) is 0 Å². The summed E-state index contributed by atoms with van der Waals surface area (Å²) in [5, 5.41) is 9.68. The Hall–Kier alpha value is -3.53. The number of nitrogens with zero attached hydrogens (tertiary/aromatic N) is 1. The Balaban J connectivity index is 1.49. The number of benzene rings is 1. The fraction of sp³-hybridized carbons (Fsp3) is 0.286. The zero-order chi connectivity index (χ0) is 22.0. The van der Waals surface area contributed by atoms with Gasteiger partial charge in [0, 0.05) is 10.3 Å². The van der Waals surface area contributed by atoms with Crippen LogP contribution in [0.25, 0.3) is 10.8 Å². The highest BCUT2D eigenvalue weighted by Gasteiger charge is 2.27. The Morgan fingerprint density at radius 3 is 2.65 bits per heavy atom. The number of nitrogens with one attached hydrogen (secondary N) is 2. The molecule has 1 aliphatic rings. The summed E-state index contributed by atoms with van der Waals surface area (Å²) >= 11 is 1.34. The maximum absolute atomic E-state index is 12.4. The molecule has 160 valence electrons. The molecule has 0 saturated carbocycles. The number of carbonyl (C=O) groups is 3. The fourth-order valence-corrected chi connectivity index (χ4v) is 4.90. The molecule has 2 aromatic heterocycles. The number of amides is 1. The van der Waals surface area contributed by atoms with Crippen molar-refractivity contribution < 1.29 is 23.9 Å². The number of aromatic amines is 1. The van der Waals surface area contributed by atoms with E-state index in [2.05, 4.69) is 15.5 Å². The van der Waals surface area contributed by atoms with Crippen molar-refractivity contribution in [3.05, 3.63) is 56.3 Å². The minimum absolute atomic E-state index is 0.0927. The van der Waals surface area contributed by atoms with Crippen molar-refractivity contribution in [3.8, 4) is 0 Å². The van der Waals surface area contributed by atoms with Crippen LogP contribution in [0.5, 0.6) is 0 Å². The number of aromatic nitrogens is 2. The molecule has 3 aromatic rings. The number of rotatable bonds is 5. The summed E-state index contributed by atoms with van der Waals surface area (Å²) in [6.07, 6.45) is 3.60. The number of methoxy groups -OCH3 is 1. The lowest BCUT2D eigenvalue weighted by Crippen LogP contribution is -2.23. The third-order valence-corrected chi connectivity index (χ3v) is 6.24. The molecule has 1 aliphatic carbocycles. The average molecular weight is 441 g/mol. The fourth-order valence-electron chi connectivity index (χ4n) is 3.60. The topological polar surface area (TPSA) is 127 Å². The highest BCUT2D eigenvalue weighted by Crippen LogP contribution is 2.38. The molecule has 0 radical (unpaired) electrons. The van der Waals surface area contributed by atoms with Crippen LogP contribution in [-0.4, -0.2) is 41.8 Å². The predicted molar refractivity (Wildman–Crippen MR) is 114 cm³/mol. The zero-order valence-electron chi connectivity index (χ0n) is 16.6. The molecule has 0 spiro atoms. The van der Waals surface area contributed by atoms with Crippen LogP contribution in [0, 0.1) is 0 Å². The molecule has 0 saturated heterocycles. The van der Waals surface area contributed by atoms with Crippen molar-refractivity contribution in [3.63, 3.8) is 0 Å². The minimum atomic E-state index is -0.846. The van der Waals surface area contributed by atoms with Gasteiger partial charge in [-0.15, -0.1) is 11.3 Å². The number of fused-ring (bicyclic) bond motifs is 2. The van der Waals surface area contributed by atoms with Crippen molar-refractivity contribution >= 4 is 45.0 Å². The third-order valence-electron chi connectivity index (χ3n) is 5.04. The minimum Gasteiger partial charge on any atom is -0.465 e. The highest BCUT2D eigenvalue weighted by molar-refractivity contribution is 7.17. The molecule has 0 aliphatic heterocycles. The summed E-state index contributed by atoms with van der Waals surface area (Å²) in [6.45, 7) is -0.572. The summed E-state index contributed by atoms with van der Waals surface area (Å²) in [6, 6.07) is 6.47. The maximum atomic E-state index is 12.4. The molecule has 0 atom stereocenters. The van der Waals surface area contributed by atoms with Crippen LogP contribution < -0.4 is 10.9 Å². The van der Waals surface area contributed by atoms with Crippen LogP contribution in [0.3, 0.4) is 0 Å². The lowest BCUT2D eigenvalue weighted by atomic mass is 9.95. The van der Waals surface area contributed by atoms with E-state index in [0.29, 0.717) is 21.3 Å². The molecule has 2 heterocycles. The van der Waals surface area contributed by atoms with Gasteiger partial charge in [-0.2, -0.15) is 5.10 Å². The molecule has 0 fully saturated rings. The quantitative estimate of drug-likeness (QED) is 0.582. The summed E-state index contributed by atoms with van der Waals surface area (Å²) in [4.78, 5) is 50.0. The van der Waals surface area contributed by atoms with Gasteiger partial charge in [-0.1, -0.05) is 18.2 Å². The van der Waals surface area contributed by atoms with Gasteiger partial charge < -0.3 is 14.8 Å². The van der Waals surface area contributed by atoms with Crippen LogP contribution in [0.1, 0.15) is 44.1 Å². The average Bonchev–Trinajstić information content (AvgIpc) is 3.15. The maximum Gasteiger partial charge on any atom is 0.359 e. The Bertz CT molecular complexity index is 1250. The van der Waals surface area contributed by atoms with E-state index in [-0.39, 0.29) is 5.69 Å². The first-order valence-corrected chi connectivity index (χ1v) is 10.5. The predicted octanol–water partition coefficient (Wildman–Crippen LogP) is 2.45. The molecule has 4 rings (SSSR count). The number of aryl methyl sites for hydroxylation is 1. The van der Waals surface area contributed by atoms with Crippen molar-refractivity contribution in [2.24, 2.45) is 0 Å². The number of hydrogen-bond acceptors (Lipinski definition) is 8. The van der Waals surface area contributed by atoms with Crippen LogP contribution in [0.15, 0.2) is 29.1 Å². The normalized spacial score (nSPS) is 12.8. The van der Waals surface area contributed by atoms with E-state index in [1.807, 2.05) is 0 Å². The van der Waals surface area contributed by atoms with Crippen molar-refractivity contribution in [1.29, 1.82) is 0 Å². The molecule has 2 N–H and O–H groups in total. The standard InChI is InChI=1S/C21H19N3O6S/c1-29-20(27)16-13-8-4-5-9-14(13)31-19(16)22-15(25)10-30-21(28)17-11-6-2-3-7-12(11)18(26)24-23-17/h2-3,6-7H,4-5,8-10H2,1H3,(H,22,25)(H,24,26). The molecule has 1 aromatic carbocycles. The van der Waals surface area contributed by atoms with Crippen LogP contribution >= 0.6 is 11.3 Å². The van der Waals surface area contributed by atoms with Gasteiger partial charge in [0.1, 0.15) is 5.00 Å². The van der Waals surface area contributed by atoms with Gasteiger partial charge in [0.05, 0.1) is 18.1 Å². The van der Waals surface area contributed by atoms with E-state index in [1.165, 1.54) is 18.4 Å². The Morgan fingerprint density at radius 1 is 1.13 bits per heavy atom. The first kappa shape index (κ1) is 20.7. The van der Waals surface area contributed by atoms with E-state index >= 15 is 0 Å². The van der Waals surface area contributed by atoms with Gasteiger partial charge in [0.2, 0.25) is 0 Å². The van der Waals surface area contributed by atoms with Crippen molar-refractivity contribution in [2.75, 3.05) is 19.0 Å². The third kappa shape index (κ3) is 4.06. The largest absolute Gasteiger partial charge is 0.465 e. The molecular formula is C21H19N3O6S. The number of ether oxygens (including phenoxy) is 2. The van der Waals surface area contributed by atoms with Crippen molar-refractivity contribution in [1.82, 2.24) is 10.2 Å². The summed E-state index contributed by atoms with van der Waals surface area (Å²) < 4.78 is 9.98.